The second-order valence-corrected chi connectivity index (χ2v) is 6.56. The highest BCUT2D eigenvalue weighted by Crippen LogP contribution is 2.19. The van der Waals surface area contributed by atoms with Crippen molar-refractivity contribution in [2.45, 2.75) is 39.3 Å². The lowest BCUT2D eigenvalue weighted by molar-refractivity contribution is 0.0288. The summed E-state index contributed by atoms with van der Waals surface area (Å²) in [5.41, 5.74) is 0.622. The van der Waals surface area contributed by atoms with Gasteiger partial charge in [0.25, 0.3) is 0 Å². The predicted octanol–water partition coefficient (Wildman–Crippen LogP) is 1.16. The van der Waals surface area contributed by atoms with Crippen LogP contribution in [0.3, 0.4) is 0 Å². The third-order valence-electron chi connectivity index (χ3n) is 3.48. The number of aromatic nitrogens is 3. The van der Waals surface area contributed by atoms with Gasteiger partial charge in [-0.25, -0.2) is 4.79 Å². The van der Waals surface area contributed by atoms with Crippen molar-refractivity contribution < 1.29 is 9.53 Å². The summed E-state index contributed by atoms with van der Waals surface area (Å²) in [6.45, 7) is 8.82. The van der Waals surface area contributed by atoms with E-state index in [1.165, 1.54) is 0 Å². The Labute approximate surface area is 125 Å². The molecule has 1 saturated heterocycles. The Hall–Kier alpha value is -1.63. The summed E-state index contributed by atoms with van der Waals surface area (Å²) >= 11 is 0. The van der Waals surface area contributed by atoms with Gasteiger partial charge in [0.05, 0.1) is 11.9 Å². The second kappa shape index (κ2) is 6.43. The molecule has 2 heterocycles. The van der Waals surface area contributed by atoms with Gasteiger partial charge >= 0.3 is 6.09 Å². The lowest BCUT2D eigenvalue weighted by Crippen LogP contribution is -2.36. The van der Waals surface area contributed by atoms with Crippen LogP contribution in [0.25, 0.3) is 0 Å². The molecule has 1 aliphatic rings. The number of hydrogen-bond donors (Lipinski definition) is 1. The Bertz CT molecular complexity index is 480. The van der Waals surface area contributed by atoms with Crippen LogP contribution in [0.15, 0.2) is 6.20 Å². The molecular formula is C14H25N5O2. The summed E-state index contributed by atoms with van der Waals surface area (Å²) in [5.74, 6) is 0.471. The van der Waals surface area contributed by atoms with Crippen molar-refractivity contribution >= 4 is 6.09 Å². The average Bonchev–Trinajstić information content (AvgIpc) is 2.97. The van der Waals surface area contributed by atoms with Gasteiger partial charge < -0.3 is 15.0 Å². The van der Waals surface area contributed by atoms with Crippen molar-refractivity contribution in [1.82, 2.24) is 25.2 Å². The first-order valence-corrected chi connectivity index (χ1v) is 7.37. The molecule has 1 atom stereocenters. The highest BCUT2D eigenvalue weighted by Gasteiger charge is 2.29. The number of aryl methyl sites for hydroxylation is 1. The summed E-state index contributed by atoms with van der Waals surface area (Å²) in [6, 6.07) is 0. The van der Waals surface area contributed by atoms with E-state index < -0.39 is 5.60 Å². The van der Waals surface area contributed by atoms with Gasteiger partial charge in [-0.3, -0.25) is 4.68 Å². The van der Waals surface area contributed by atoms with E-state index in [9.17, 15) is 4.79 Å². The van der Waals surface area contributed by atoms with Crippen molar-refractivity contribution in [3.05, 3.63) is 11.9 Å². The third-order valence-corrected chi connectivity index (χ3v) is 3.48. The number of carbonyl (C=O) groups is 1. The standard InChI is InChI=1S/C14H25N5O2/c1-14(2,3)21-13(20)19-6-5-11(10-19)7-15-8-12-9-16-17-18(12)4/h9,11,15H,5-8,10H2,1-4H3. The summed E-state index contributed by atoms with van der Waals surface area (Å²) in [7, 11) is 1.88. The topological polar surface area (TPSA) is 72.3 Å². The van der Waals surface area contributed by atoms with E-state index in [-0.39, 0.29) is 6.09 Å². The molecule has 1 aliphatic heterocycles. The third kappa shape index (κ3) is 4.70. The van der Waals surface area contributed by atoms with Crippen molar-refractivity contribution in [2.75, 3.05) is 19.6 Å². The predicted molar refractivity (Wildman–Crippen MR) is 78.6 cm³/mol. The molecule has 118 valence electrons. The normalized spacial score (nSPS) is 19.0. The summed E-state index contributed by atoms with van der Waals surface area (Å²) in [4.78, 5) is 13.8. The maximum atomic E-state index is 12.0. The zero-order valence-corrected chi connectivity index (χ0v) is 13.3. The van der Waals surface area contributed by atoms with E-state index in [4.69, 9.17) is 4.74 Å². The summed E-state index contributed by atoms with van der Waals surface area (Å²) < 4.78 is 7.15. The van der Waals surface area contributed by atoms with Gasteiger partial charge in [0, 0.05) is 33.2 Å². The molecule has 0 radical (unpaired) electrons. The molecule has 1 aromatic heterocycles. The lowest BCUT2D eigenvalue weighted by atomic mass is 10.1. The molecule has 0 spiro atoms. The van der Waals surface area contributed by atoms with Gasteiger partial charge in [-0.1, -0.05) is 5.21 Å². The average molecular weight is 295 g/mol. The van der Waals surface area contributed by atoms with Gasteiger partial charge in [-0.2, -0.15) is 0 Å². The van der Waals surface area contributed by atoms with Crippen molar-refractivity contribution in [2.24, 2.45) is 13.0 Å². The smallest absolute Gasteiger partial charge is 0.410 e. The SMILES string of the molecule is Cn1nncc1CNCC1CCN(C(=O)OC(C)(C)C)C1. The number of amides is 1. The summed E-state index contributed by atoms with van der Waals surface area (Å²) in [5, 5.41) is 11.1. The number of hydrogen-bond acceptors (Lipinski definition) is 5. The Morgan fingerprint density at radius 2 is 2.29 bits per heavy atom. The highest BCUT2D eigenvalue weighted by molar-refractivity contribution is 5.68. The van der Waals surface area contributed by atoms with E-state index in [0.717, 1.165) is 38.3 Å². The molecule has 1 unspecified atom stereocenters. The van der Waals surface area contributed by atoms with Gasteiger partial charge in [0.1, 0.15) is 5.60 Å². The molecule has 0 aliphatic carbocycles. The molecule has 1 fully saturated rings. The zero-order chi connectivity index (χ0) is 15.5. The van der Waals surface area contributed by atoms with Gasteiger partial charge in [-0.15, -0.1) is 5.10 Å². The number of nitrogens with zero attached hydrogens (tertiary/aromatic N) is 4. The van der Waals surface area contributed by atoms with Crippen molar-refractivity contribution in [1.29, 1.82) is 0 Å². The maximum absolute atomic E-state index is 12.0. The Morgan fingerprint density at radius 1 is 1.52 bits per heavy atom. The van der Waals surface area contributed by atoms with Crippen LogP contribution in [0.2, 0.25) is 0 Å². The molecule has 1 amide bonds. The van der Waals surface area contributed by atoms with E-state index in [1.807, 2.05) is 27.8 Å². The number of likely N-dealkylation sites (tertiary alicyclic amines) is 1. The fourth-order valence-corrected chi connectivity index (χ4v) is 2.37. The molecule has 7 nitrogen and oxygen atoms in total. The Kier molecular flexibility index (Phi) is 4.82. The maximum Gasteiger partial charge on any atom is 0.410 e. The number of rotatable bonds is 4. The fourth-order valence-electron chi connectivity index (χ4n) is 2.37. The molecule has 1 aromatic rings. The van der Waals surface area contributed by atoms with Crippen LogP contribution in [0.1, 0.15) is 32.9 Å². The van der Waals surface area contributed by atoms with E-state index >= 15 is 0 Å². The van der Waals surface area contributed by atoms with Crippen LogP contribution in [0.4, 0.5) is 4.79 Å². The first kappa shape index (κ1) is 15.8. The van der Waals surface area contributed by atoms with Crippen molar-refractivity contribution in [3.63, 3.8) is 0 Å². The molecule has 0 aromatic carbocycles. The van der Waals surface area contributed by atoms with Crippen molar-refractivity contribution in [3.8, 4) is 0 Å². The molecule has 0 saturated carbocycles. The minimum Gasteiger partial charge on any atom is -0.444 e. The van der Waals surface area contributed by atoms with Gasteiger partial charge in [0.2, 0.25) is 0 Å². The Balaban J connectivity index is 1.70. The van der Waals surface area contributed by atoms with Gasteiger partial charge in [-0.05, 0) is 33.1 Å². The molecule has 0 bridgehead atoms. The fraction of sp³-hybridized carbons (Fsp3) is 0.786. The van der Waals surface area contributed by atoms with E-state index in [0.29, 0.717) is 5.92 Å². The van der Waals surface area contributed by atoms with E-state index in [2.05, 4.69) is 15.6 Å². The molecule has 7 heteroatoms. The highest BCUT2D eigenvalue weighted by atomic mass is 16.6. The van der Waals surface area contributed by atoms with Gasteiger partial charge in [0.15, 0.2) is 0 Å². The lowest BCUT2D eigenvalue weighted by Gasteiger charge is -2.24. The molecule has 1 N–H and O–H groups in total. The minimum absolute atomic E-state index is 0.208. The van der Waals surface area contributed by atoms with Crippen LogP contribution in [0, 0.1) is 5.92 Å². The minimum atomic E-state index is -0.431. The number of carbonyl (C=O) groups excluding carboxylic acids is 1. The van der Waals surface area contributed by atoms with Crippen LogP contribution >= 0.6 is 0 Å². The second-order valence-electron chi connectivity index (χ2n) is 6.56. The molecular weight excluding hydrogens is 270 g/mol. The monoisotopic (exact) mass is 295 g/mol. The van der Waals surface area contributed by atoms with Crippen LogP contribution in [-0.2, 0) is 18.3 Å². The van der Waals surface area contributed by atoms with Crippen LogP contribution in [-0.4, -0.2) is 51.2 Å². The number of ether oxygens (including phenoxy) is 1. The first-order chi connectivity index (χ1) is 9.85. The van der Waals surface area contributed by atoms with Crippen LogP contribution < -0.4 is 5.32 Å². The van der Waals surface area contributed by atoms with Crippen LogP contribution in [0.5, 0.6) is 0 Å². The Morgan fingerprint density at radius 3 is 2.90 bits per heavy atom. The number of nitrogens with one attached hydrogen (secondary N) is 1. The molecule has 2 rings (SSSR count). The molecule has 21 heavy (non-hydrogen) atoms. The zero-order valence-electron chi connectivity index (χ0n) is 13.3. The quantitative estimate of drug-likeness (QED) is 0.902. The summed E-state index contributed by atoms with van der Waals surface area (Å²) in [6.07, 6.45) is 2.56. The largest absolute Gasteiger partial charge is 0.444 e. The first-order valence-electron chi connectivity index (χ1n) is 7.37. The van der Waals surface area contributed by atoms with E-state index in [1.54, 1.807) is 15.8 Å².